The zero-order valence-corrected chi connectivity index (χ0v) is 14.4. The van der Waals surface area contributed by atoms with Crippen LogP contribution in [0.15, 0.2) is 12.1 Å². The molecule has 2 heteroatoms. The number of aromatic hydroxyl groups is 1. The van der Waals surface area contributed by atoms with E-state index in [4.69, 9.17) is 0 Å². The van der Waals surface area contributed by atoms with Crippen molar-refractivity contribution in [3.8, 4) is 5.75 Å². The van der Waals surface area contributed by atoms with E-state index in [0.29, 0.717) is 5.56 Å². The zero-order valence-electron chi connectivity index (χ0n) is 14.4. The van der Waals surface area contributed by atoms with Crippen molar-refractivity contribution in [2.45, 2.75) is 84.5 Å². The van der Waals surface area contributed by atoms with E-state index < -0.39 is 0 Å². The minimum absolute atomic E-state index is 0.129. The van der Waals surface area contributed by atoms with Gasteiger partial charge < -0.3 is 5.11 Å². The summed E-state index contributed by atoms with van der Waals surface area (Å²) in [6, 6.07) is 3.68. The van der Waals surface area contributed by atoms with Crippen LogP contribution in [0.4, 0.5) is 0 Å². The Hall–Kier alpha value is -1.31. The largest absolute Gasteiger partial charge is 0.507 e. The van der Waals surface area contributed by atoms with E-state index in [1.165, 1.54) is 50.5 Å². The maximum absolute atomic E-state index is 11.3. The van der Waals surface area contributed by atoms with Crippen molar-refractivity contribution >= 4 is 6.29 Å². The number of phenolic OH excluding ortho intramolecular Hbond substituents is 1. The van der Waals surface area contributed by atoms with Crippen LogP contribution in [-0.2, 0) is 12.8 Å². The van der Waals surface area contributed by atoms with Gasteiger partial charge in [0.1, 0.15) is 5.75 Å². The molecule has 124 valence electrons. The molecule has 1 aromatic rings. The molecule has 2 nitrogen and oxygen atoms in total. The van der Waals surface area contributed by atoms with Crippen molar-refractivity contribution < 1.29 is 9.90 Å². The third-order valence-electron chi connectivity index (χ3n) is 4.38. The highest BCUT2D eigenvalue weighted by atomic mass is 16.3. The second-order valence-electron chi connectivity index (χ2n) is 6.23. The lowest BCUT2D eigenvalue weighted by atomic mass is 9.92. The van der Waals surface area contributed by atoms with E-state index in [0.717, 1.165) is 37.5 Å². The monoisotopic (exact) mass is 304 g/mol. The summed E-state index contributed by atoms with van der Waals surface area (Å²) in [6.45, 7) is 4.40. The topological polar surface area (TPSA) is 37.3 Å². The van der Waals surface area contributed by atoms with Gasteiger partial charge in [0.05, 0.1) is 5.56 Å². The van der Waals surface area contributed by atoms with Crippen molar-refractivity contribution in [1.82, 2.24) is 0 Å². The van der Waals surface area contributed by atoms with Crippen LogP contribution in [0.25, 0.3) is 0 Å². The first-order valence-corrected chi connectivity index (χ1v) is 9.03. The summed E-state index contributed by atoms with van der Waals surface area (Å²) in [5.74, 6) is 0.129. The molecule has 0 atom stereocenters. The lowest BCUT2D eigenvalue weighted by Crippen LogP contribution is -2.01. The number of carbonyl (C=O) groups is 1. The van der Waals surface area contributed by atoms with Gasteiger partial charge >= 0.3 is 0 Å². The predicted molar refractivity (Wildman–Crippen MR) is 93.8 cm³/mol. The molecular weight excluding hydrogens is 272 g/mol. The summed E-state index contributed by atoms with van der Waals surface area (Å²) >= 11 is 0. The molecule has 0 saturated heterocycles. The molecule has 0 saturated carbocycles. The molecule has 0 aromatic heterocycles. The fourth-order valence-electron chi connectivity index (χ4n) is 2.98. The molecule has 0 amide bonds. The summed E-state index contributed by atoms with van der Waals surface area (Å²) in [4.78, 5) is 11.3. The molecule has 0 aliphatic rings. The Kier molecular flexibility index (Phi) is 9.61. The Balaban J connectivity index is 2.55. The maximum Gasteiger partial charge on any atom is 0.154 e. The molecule has 0 aliphatic heterocycles. The van der Waals surface area contributed by atoms with Crippen LogP contribution < -0.4 is 0 Å². The summed E-state index contributed by atoms with van der Waals surface area (Å²) in [5, 5.41) is 9.88. The smallest absolute Gasteiger partial charge is 0.154 e. The van der Waals surface area contributed by atoms with Gasteiger partial charge in [-0.05, 0) is 42.9 Å². The third kappa shape index (κ3) is 6.21. The quantitative estimate of drug-likeness (QED) is 0.389. The number of aldehydes is 1. The standard InChI is InChI=1S/C20H32O2/c1-3-5-7-8-9-10-11-12-17-14-15-20(22)19(16-21)18(17)13-6-4-2/h14-16,22H,3-13H2,1-2H3. The minimum Gasteiger partial charge on any atom is -0.507 e. The van der Waals surface area contributed by atoms with Gasteiger partial charge in [-0.2, -0.15) is 0 Å². The average Bonchev–Trinajstić information content (AvgIpc) is 2.53. The highest BCUT2D eigenvalue weighted by Gasteiger charge is 2.12. The highest BCUT2D eigenvalue weighted by Crippen LogP contribution is 2.26. The van der Waals surface area contributed by atoms with Crippen molar-refractivity contribution in [2.24, 2.45) is 0 Å². The number of aryl methyl sites for hydroxylation is 1. The van der Waals surface area contributed by atoms with E-state index in [1.54, 1.807) is 6.07 Å². The fourth-order valence-corrected chi connectivity index (χ4v) is 2.98. The molecule has 0 spiro atoms. The summed E-state index contributed by atoms with van der Waals surface area (Å²) < 4.78 is 0. The van der Waals surface area contributed by atoms with Gasteiger partial charge in [-0.3, -0.25) is 4.79 Å². The fraction of sp³-hybridized carbons (Fsp3) is 0.650. The van der Waals surface area contributed by atoms with E-state index in [9.17, 15) is 9.90 Å². The minimum atomic E-state index is 0.129. The second-order valence-corrected chi connectivity index (χ2v) is 6.23. The van der Waals surface area contributed by atoms with Gasteiger partial charge in [0.25, 0.3) is 0 Å². The summed E-state index contributed by atoms with van der Waals surface area (Å²) in [5.41, 5.74) is 2.83. The molecular formula is C20H32O2. The average molecular weight is 304 g/mol. The van der Waals surface area contributed by atoms with E-state index in [-0.39, 0.29) is 5.75 Å². The van der Waals surface area contributed by atoms with Crippen molar-refractivity contribution in [1.29, 1.82) is 0 Å². The summed E-state index contributed by atoms with van der Waals surface area (Å²) in [7, 11) is 0. The lowest BCUT2D eigenvalue weighted by Gasteiger charge is -2.13. The van der Waals surface area contributed by atoms with Crippen molar-refractivity contribution in [2.75, 3.05) is 0 Å². The Bertz CT molecular complexity index is 438. The van der Waals surface area contributed by atoms with Gasteiger partial charge in [-0.15, -0.1) is 0 Å². The van der Waals surface area contributed by atoms with E-state index in [2.05, 4.69) is 13.8 Å². The van der Waals surface area contributed by atoms with Crippen LogP contribution in [0.2, 0.25) is 0 Å². The summed E-state index contributed by atoms with van der Waals surface area (Å²) in [6.07, 6.45) is 14.0. The first kappa shape index (κ1) is 18.7. The van der Waals surface area contributed by atoms with E-state index in [1.807, 2.05) is 6.07 Å². The first-order chi connectivity index (χ1) is 10.7. The highest BCUT2D eigenvalue weighted by molar-refractivity contribution is 5.82. The number of hydrogen-bond acceptors (Lipinski definition) is 2. The number of unbranched alkanes of at least 4 members (excludes halogenated alkanes) is 7. The van der Waals surface area contributed by atoms with Gasteiger partial charge in [0, 0.05) is 0 Å². The Morgan fingerprint density at radius 2 is 1.50 bits per heavy atom. The third-order valence-corrected chi connectivity index (χ3v) is 4.38. The number of benzene rings is 1. The first-order valence-electron chi connectivity index (χ1n) is 9.03. The zero-order chi connectivity index (χ0) is 16.2. The Labute approximate surface area is 135 Å². The molecule has 1 aromatic carbocycles. The number of phenols is 1. The maximum atomic E-state index is 11.3. The van der Waals surface area contributed by atoms with Crippen LogP contribution in [0, 0.1) is 0 Å². The number of carbonyl (C=O) groups excluding carboxylic acids is 1. The van der Waals surface area contributed by atoms with Gasteiger partial charge in [-0.25, -0.2) is 0 Å². The van der Waals surface area contributed by atoms with Crippen LogP contribution >= 0.6 is 0 Å². The molecule has 0 heterocycles. The molecule has 0 aliphatic carbocycles. The van der Waals surface area contributed by atoms with Crippen LogP contribution in [0.1, 0.15) is 93.1 Å². The second kappa shape index (κ2) is 11.3. The van der Waals surface area contributed by atoms with Gasteiger partial charge in [-0.1, -0.05) is 64.9 Å². The Morgan fingerprint density at radius 3 is 2.14 bits per heavy atom. The van der Waals surface area contributed by atoms with E-state index >= 15 is 0 Å². The lowest BCUT2D eigenvalue weighted by molar-refractivity contribution is 0.112. The number of rotatable bonds is 12. The molecule has 0 radical (unpaired) electrons. The van der Waals surface area contributed by atoms with Gasteiger partial charge in [0.15, 0.2) is 6.29 Å². The molecule has 22 heavy (non-hydrogen) atoms. The van der Waals surface area contributed by atoms with Crippen molar-refractivity contribution in [3.05, 3.63) is 28.8 Å². The predicted octanol–water partition coefficient (Wildman–Crippen LogP) is 5.84. The SMILES string of the molecule is CCCCCCCCCc1ccc(O)c(C=O)c1CCCC. The molecule has 0 fully saturated rings. The number of hydrogen-bond donors (Lipinski definition) is 1. The molecule has 0 unspecified atom stereocenters. The Morgan fingerprint density at radius 1 is 0.864 bits per heavy atom. The van der Waals surface area contributed by atoms with Crippen LogP contribution in [0.5, 0.6) is 5.75 Å². The van der Waals surface area contributed by atoms with Crippen molar-refractivity contribution in [3.63, 3.8) is 0 Å². The molecule has 1 rings (SSSR count). The normalized spacial score (nSPS) is 10.8. The molecule has 0 bridgehead atoms. The molecule has 1 N–H and O–H groups in total. The van der Waals surface area contributed by atoms with Crippen LogP contribution in [-0.4, -0.2) is 11.4 Å². The van der Waals surface area contributed by atoms with Crippen LogP contribution in [0.3, 0.4) is 0 Å². The van der Waals surface area contributed by atoms with Gasteiger partial charge in [0.2, 0.25) is 0 Å².